The summed E-state index contributed by atoms with van der Waals surface area (Å²) in [4.78, 5) is 0. The van der Waals surface area contributed by atoms with E-state index in [1.54, 1.807) is 14.2 Å². The smallest absolute Gasteiger partial charge is 0.396 e. The lowest BCUT2D eigenvalue weighted by atomic mass is 10.4. The Hall–Kier alpha value is 0.0169. The average molecular weight is 236 g/mol. The fourth-order valence-electron chi connectivity index (χ4n) is 1.35. The van der Waals surface area contributed by atoms with Crippen LogP contribution in [0.2, 0.25) is 6.04 Å². The van der Waals surface area contributed by atoms with E-state index >= 15 is 0 Å². The first kappa shape index (κ1) is 13.1. The largest absolute Gasteiger partial charge is 0.500 e. The molecule has 0 radical (unpaired) electrons. The lowest BCUT2D eigenvalue weighted by molar-refractivity contribution is 0.0923. The lowest BCUT2D eigenvalue weighted by Crippen LogP contribution is -2.44. The Morgan fingerprint density at radius 1 is 1.40 bits per heavy atom. The van der Waals surface area contributed by atoms with E-state index in [0.717, 1.165) is 13.0 Å². The maximum atomic E-state index is 8.78. The minimum absolute atomic E-state index is 0.135. The van der Waals surface area contributed by atoms with Crippen molar-refractivity contribution in [2.24, 2.45) is 0 Å². The molecule has 0 bridgehead atoms. The van der Waals surface area contributed by atoms with E-state index in [2.05, 4.69) is 0 Å². The van der Waals surface area contributed by atoms with Crippen molar-refractivity contribution in [3.8, 4) is 0 Å². The zero-order valence-corrected chi connectivity index (χ0v) is 10.4. The second kappa shape index (κ2) is 6.57. The van der Waals surface area contributed by atoms with Crippen molar-refractivity contribution in [3.63, 3.8) is 0 Å². The first-order valence-corrected chi connectivity index (χ1v) is 7.16. The number of hydrogen-bond acceptors (Lipinski definition) is 5. The summed E-state index contributed by atoms with van der Waals surface area (Å²) >= 11 is 0. The molecule has 0 amide bonds. The van der Waals surface area contributed by atoms with Crippen LogP contribution in [0.5, 0.6) is 0 Å². The van der Waals surface area contributed by atoms with Gasteiger partial charge in [0.25, 0.3) is 0 Å². The Bertz CT molecular complexity index is 170. The topological polar surface area (TPSA) is 60.5 Å². The van der Waals surface area contributed by atoms with E-state index in [9.17, 15) is 0 Å². The number of aliphatic hydroxyl groups is 1. The van der Waals surface area contributed by atoms with E-state index < -0.39 is 8.80 Å². The molecule has 1 unspecified atom stereocenters. The Kier molecular flexibility index (Phi) is 5.73. The third kappa shape index (κ3) is 4.58. The van der Waals surface area contributed by atoms with Crippen LogP contribution >= 0.6 is 0 Å². The summed E-state index contributed by atoms with van der Waals surface area (Å²) in [6, 6.07) is 0.655. The number of rotatable bonds is 9. The van der Waals surface area contributed by atoms with Crippen molar-refractivity contribution < 1.29 is 23.1 Å². The predicted molar refractivity (Wildman–Crippen MR) is 56.6 cm³/mol. The van der Waals surface area contributed by atoms with Crippen LogP contribution in [-0.4, -0.2) is 54.1 Å². The van der Waals surface area contributed by atoms with Gasteiger partial charge in [0.2, 0.25) is 0 Å². The fourth-order valence-corrected chi connectivity index (χ4v) is 3.33. The van der Waals surface area contributed by atoms with E-state index in [4.69, 9.17) is 23.1 Å². The molecule has 1 heterocycles. The first-order chi connectivity index (χ1) is 7.26. The molecule has 0 aromatic carbocycles. The summed E-state index contributed by atoms with van der Waals surface area (Å²) in [5.74, 6) is 0. The van der Waals surface area contributed by atoms with Crippen molar-refractivity contribution in [2.75, 3.05) is 34.0 Å². The van der Waals surface area contributed by atoms with Gasteiger partial charge in [-0.15, -0.1) is 0 Å². The van der Waals surface area contributed by atoms with Crippen molar-refractivity contribution in [1.82, 2.24) is 0 Å². The van der Waals surface area contributed by atoms with Crippen LogP contribution in [0, 0.1) is 0 Å². The van der Waals surface area contributed by atoms with Gasteiger partial charge in [0.15, 0.2) is 0 Å². The maximum absolute atomic E-state index is 8.78. The molecule has 1 aliphatic heterocycles. The quantitative estimate of drug-likeness (QED) is 0.464. The standard InChI is InChI=1S/C9H20O5Si/c1-11-15(12-2,7-3-5-10)14-6-4-9-8-13-9/h9-10H,3-8H2,1-2H3. The monoisotopic (exact) mass is 236 g/mol. The summed E-state index contributed by atoms with van der Waals surface area (Å²) in [5.41, 5.74) is 0. The molecule has 0 aromatic rings. The maximum Gasteiger partial charge on any atom is 0.500 e. The number of aliphatic hydroxyl groups excluding tert-OH is 1. The molecule has 0 spiro atoms. The summed E-state index contributed by atoms with van der Waals surface area (Å²) < 4.78 is 21.4. The van der Waals surface area contributed by atoms with Crippen LogP contribution in [0.3, 0.4) is 0 Å². The normalized spacial score (nSPS) is 20.6. The minimum atomic E-state index is -2.52. The molecular weight excluding hydrogens is 216 g/mol. The van der Waals surface area contributed by atoms with Crippen molar-refractivity contribution in [2.45, 2.75) is 25.0 Å². The van der Waals surface area contributed by atoms with E-state index in [0.29, 0.717) is 25.2 Å². The van der Waals surface area contributed by atoms with Gasteiger partial charge in [0.05, 0.1) is 12.7 Å². The molecule has 90 valence electrons. The van der Waals surface area contributed by atoms with Crippen molar-refractivity contribution >= 4 is 8.80 Å². The number of ether oxygens (including phenoxy) is 1. The molecule has 6 heteroatoms. The molecule has 5 nitrogen and oxygen atoms in total. The number of hydrogen-bond donors (Lipinski definition) is 1. The summed E-state index contributed by atoms with van der Waals surface area (Å²) in [5, 5.41) is 8.78. The molecule has 1 rings (SSSR count). The summed E-state index contributed by atoms with van der Waals surface area (Å²) in [7, 11) is 0.677. The van der Waals surface area contributed by atoms with Crippen molar-refractivity contribution in [3.05, 3.63) is 0 Å². The van der Waals surface area contributed by atoms with Gasteiger partial charge in [-0.25, -0.2) is 0 Å². The van der Waals surface area contributed by atoms with Gasteiger partial charge in [0.1, 0.15) is 0 Å². The Morgan fingerprint density at radius 2 is 2.07 bits per heavy atom. The van der Waals surface area contributed by atoms with Crippen LogP contribution in [0.15, 0.2) is 0 Å². The molecule has 1 fully saturated rings. The zero-order chi connectivity index (χ0) is 11.1. The van der Waals surface area contributed by atoms with Gasteiger partial charge < -0.3 is 23.1 Å². The zero-order valence-electron chi connectivity index (χ0n) is 9.40. The van der Waals surface area contributed by atoms with Gasteiger partial charge in [-0.3, -0.25) is 0 Å². The fraction of sp³-hybridized carbons (Fsp3) is 1.00. The molecule has 1 N–H and O–H groups in total. The Morgan fingerprint density at radius 3 is 2.53 bits per heavy atom. The SMILES string of the molecule is CO[Si](CCCO)(OC)OCCC1CO1. The summed E-state index contributed by atoms with van der Waals surface area (Å²) in [6.07, 6.45) is 1.90. The molecule has 1 aliphatic rings. The molecule has 1 atom stereocenters. The van der Waals surface area contributed by atoms with Crippen molar-refractivity contribution in [1.29, 1.82) is 0 Å². The first-order valence-electron chi connectivity index (χ1n) is 5.23. The van der Waals surface area contributed by atoms with Crippen LogP contribution in [0.4, 0.5) is 0 Å². The van der Waals surface area contributed by atoms with Gasteiger partial charge in [0, 0.05) is 33.5 Å². The predicted octanol–water partition coefficient (Wildman–Crippen LogP) is 0.406. The molecular formula is C9H20O5Si. The molecule has 0 aromatic heterocycles. The highest BCUT2D eigenvalue weighted by Gasteiger charge is 2.38. The van der Waals surface area contributed by atoms with Gasteiger partial charge >= 0.3 is 8.80 Å². The third-order valence-electron chi connectivity index (χ3n) is 2.43. The minimum Gasteiger partial charge on any atom is -0.396 e. The molecule has 1 saturated heterocycles. The highest BCUT2D eigenvalue weighted by Crippen LogP contribution is 2.19. The van der Waals surface area contributed by atoms with E-state index in [1.165, 1.54) is 0 Å². The summed E-state index contributed by atoms with van der Waals surface area (Å²) in [6.45, 7) is 1.58. The van der Waals surface area contributed by atoms with Crippen LogP contribution in [0.25, 0.3) is 0 Å². The van der Waals surface area contributed by atoms with Gasteiger partial charge in [-0.2, -0.15) is 0 Å². The molecule has 15 heavy (non-hydrogen) atoms. The lowest BCUT2D eigenvalue weighted by Gasteiger charge is -2.26. The highest BCUT2D eigenvalue weighted by atomic mass is 28.4. The van der Waals surface area contributed by atoms with E-state index in [-0.39, 0.29) is 6.61 Å². The second-order valence-corrected chi connectivity index (χ2v) is 6.48. The Balaban J connectivity index is 2.24. The number of epoxide rings is 1. The van der Waals surface area contributed by atoms with Crippen LogP contribution < -0.4 is 0 Å². The second-order valence-electron chi connectivity index (χ2n) is 3.51. The van der Waals surface area contributed by atoms with Crippen LogP contribution in [-0.2, 0) is 18.0 Å². The van der Waals surface area contributed by atoms with Gasteiger partial charge in [-0.1, -0.05) is 0 Å². The highest BCUT2D eigenvalue weighted by molar-refractivity contribution is 6.60. The average Bonchev–Trinajstić information content (AvgIpc) is 3.07. The van der Waals surface area contributed by atoms with E-state index in [1.807, 2.05) is 0 Å². The third-order valence-corrected chi connectivity index (χ3v) is 5.28. The van der Waals surface area contributed by atoms with Crippen LogP contribution in [0.1, 0.15) is 12.8 Å². The van der Waals surface area contributed by atoms with Gasteiger partial charge in [-0.05, 0) is 12.8 Å². The molecule has 0 aliphatic carbocycles. The Labute approximate surface area is 91.7 Å². The molecule has 0 saturated carbocycles.